The minimum Gasteiger partial charge on any atom is -0.342 e. The lowest BCUT2D eigenvalue weighted by Crippen LogP contribution is -2.48. The van der Waals surface area contributed by atoms with Crippen LogP contribution in [0.4, 0.5) is 5.95 Å². The van der Waals surface area contributed by atoms with Crippen LogP contribution < -0.4 is 4.90 Å². The van der Waals surface area contributed by atoms with E-state index in [1.165, 1.54) is 29.8 Å². The molecule has 0 amide bonds. The van der Waals surface area contributed by atoms with Crippen molar-refractivity contribution in [1.82, 2.24) is 24.8 Å². The van der Waals surface area contributed by atoms with E-state index in [1.54, 1.807) is 0 Å². The van der Waals surface area contributed by atoms with E-state index in [2.05, 4.69) is 55.1 Å². The van der Waals surface area contributed by atoms with E-state index in [0.717, 1.165) is 50.9 Å². The summed E-state index contributed by atoms with van der Waals surface area (Å²) in [7, 11) is 0. The number of aryl methyl sites for hydroxylation is 1. The maximum Gasteiger partial charge on any atom is 0.225 e. The Morgan fingerprint density at radius 1 is 0.964 bits per heavy atom. The van der Waals surface area contributed by atoms with Gasteiger partial charge in [-0.3, -0.25) is 4.90 Å². The number of benzene rings is 1. The molecule has 1 fully saturated rings. The van der Waals surface area contributed by atoms with E-state index in [1.807, 2.05) is 18.5 Å². The number of imidazole rings is 1. The average molecular weight is 374 g/mol. The predicted molar refractivity (Wildman–Crippen MR) is 110 cm³/mol. The number of aromatic amines is 1. The normalized spacial score (nSPS) is 20.1. The van der Waals surface area contributed by atoms with Crippen molar-refractivity contribution in [2.75, 3.05) is 37.6 Å². The Hall–Kier alpha value is -2.73. The summed E-state index contributed by atoms with van der Waals surface area (Å²) in [5, 5.41) is 0. The fourth-order valence-electron chi connectivity index (χ4n) is 4.42. The zero-order valence-corrected chi connectivity index (χ0v) is 16.1. The monoisotopic (exact) mass is 374 g/mol. The van der Waals surface area contributed by atoms with Crippen molar-refractivity contribution >= 4 is 5.95 Å². The molecule has 6 nitrogen and oxygen atoms in total. The van der Waals surface area contributed by atoms with E-state index >= 15 is 0 Å². The fourth-order valence-corrected chi connectivity index (χ4v) is 4.42. The number of hydrogen-bond donors (Lipinski definition) is 1. The van der Waals surface area contributed by atoms with Crippen molar-refractivity contribution in [3.8, 4) is 11.4 Å². The molecular formula is C22H26N6. The Morgan fingerprint density at radius 2 is 1.75 bits per heavy atom. The second-order valence-electron chi connectivity index (χ2n) is 7.74. The number of nitrogens with one attached hydrogen (secondary N) is 1. The maximum atomic E-state index is 5.02. The van der Waals surface area contributed by atoms with E-state index in [0.29, 0.717) is 5.92 Å². The zero-order chi connectivity index (χ0) is 18.8. The molecule has 1 unspecified atom stereocenters. The molecule has 0 spiro atoms. The molecule has 0 radical (unpaired) electrons. The summed E-state index contributed by atoms with van der Waals surface area (Å²) in [5.74, 6) is 2.39. The fraction of sp³-hybridized carbons (Fsp3) is 0.409. The van der Waals surface area contributed by atoms with Crippen LogP contribution >= 0.6 is 0 Å². The van der Waals surface area contributed by atoms with Crippen LogP contribution in [0, 0.1) is 0 Å². The lowest BCUT2D eigenvalue weighted by molar-refractivity contribution is 0.232. The van der Waals surface area contributed by atoms with E-state index in [-0.39, 0.29) is 0 Å². The van der Waals surface area contributed by atoms with Crippen molar-refractivity contribution in [3.63, 3.8) is 0 Å². The van der Waals surface area contributed by atoms with Gasteiger partial charge in [0.25, 0.3) is 0 Å². The molecule has 5 rings (SSSR count). The molecule has 2 aliphatic rings. The predicted octanol–water partition coefficient (Wildman–Crippen LogP) is 3.11. The van der Waals surface area contributed by atoms with Crippen molar-refractivity contribution in [2.45, 2.75) is 25.2 Å². The van der Waals surface area contributed by atoms with Gasteiger partial charge in [0, 0.05) is 62.3 Å². The minimum absolute atomic E-state index is 0.525. The van der Waals surface area contributed by atoms with Crippen LogP contribution in [0.25, 0.3) is 11.4 Å². The van der Waals surface area contributed by atoms with Crippen LogP contribution in [-0.2, 0) is 6.42 Å². The second kappa shape index (κ2) is 7.72. The van der Waals surface area contributed by atoms with Crippen molar-refractivity contribution in [1.29, 1.82) is 0 Å². The molecule has 3 heterocycles. The van der Waals surface area contributed by atoms with Gasteiger partial charge in [-0.05, 0) is 25.3 Å². The maximum absolute atomic E-state index is 5.02. The number of piperazine rings is 1. The Morgan fingerprint density at radius 3 is 2.54 bits per heavy atom. The molecule has 1 aliphatic heterocycles. The van der Waals surface area contributed by atoms with Gasteiger partial charge >= 0.3 is 0 Å². The molecule has 3 aromatic rings. The number of fused-ring (bicyclic) bond motifs is 1. The highest BCUT2D eigenvalue weighted by molar-refractivity contribution is 5.56. The first-order valence-corrected chi connectivity index (χ1v) is 10.3. The van der Waals surface area contributed by atoms with Gasteiger partial charge in [-0.15, -0.1) is 0 Å². The summed E-state index contributed by atoms with van der Waals surface area (Å²) in [6, 6.07) is 12.3. The lowest BCUT2D eigenvalue weighted by atomic mass is 9.89. The van der Waals surface area contributed by atoms with Crippen molar-refractivity contribution in [3.05, 3.63) is 60.2 Å². The largest absolute Gasteiger partial charge is 0.342 e. The third-order valence-corrected chi connectivity index (χ3v) is 5.91. The van der Waals surface area contributed by atoms with Gasteiger partial charge in [0.2, 0.25) is 5.95 Å². The molecule has 1 atom stereocenters. The van der Waals surface area contributed by atoms with Gasteiger partial charge in [-0.1, -0.05) is 30.3 Å². The smallest absolute Gasteiger partial charge is 0.225 e. The van der Waals surface area contributed by atoms with Gasteiger partial charge in [-0.2, -0.15) is 0 Å². The molecular weight excluding hydrogens is 348 g/mol. The summed E-state index contributed by atoms with van der Waals surface area (Å²) >= 11 is 0. The number of rotatable bonds is 4. The van der Waals surface area contributed by atoms with E-state index < -0.39 is 0 Å². The molecule has 28 heavy (non-hydrogen) atoms. The second-order valence-corrected chi connectivity index (χ2v) is 7.74. The Labute approximate surface area is 165 Å². The Kier molecular flexibility index (Phi) is 4.79. The van der Waals surface area contributed by atoms with Gasteiger partial charge in [-0.25, -0.2) is 15.0 Å². The molecule has 1 aliphatic carbocycles. The molecule has 0 bridgehead atoms. The molecule has 6 heteroatoms. The van der Waals surface area contributed by atoms with Gasteiger partial charge < -0.3 is 9.88 Å². The van der Waals surface area contributed by atoms with Gasteiger partial charge in [0.1, 0.15) is 5.82 Å². The average Bonchev–Trinajstić information content (AvgIpc) is 3.21. The number of anilines is 1. The summed E-state index contributed by atoms with van der Waals surface area (Å²) in [4.78, 5) is 22.2. The summed E-state index contributed by atoms with van der Waals surface area (Å²) in [6.07, 6.45) is 7.23. The quantitative estimate of drug-likeness (QED) is 0.760. The zero-order valence-electron chi connectivity index (χ0n) is 16.1. The van der Waals surface area contributed by atoms with Crippen LogP contribution in [0.15, 0.2) is 48.8 Å². The number of nitrogens with zero attached hydrogens (tertiary/aromatic N) is 5. The first-order chi connectivity index (χ1) is 13.9. The first kappa shape index (κ1) is 17.4. The summed E-state index contributed by atoms with van der Waals surface area (Å²) < 4.78 is 0. The van der Waals surface area contributed by atoms with E-state index in [4.69, 9.17) is 4.98 Å². The Balaban J connectivity index is 1.26. The molecule has 0 saturated carbocycles. The van der Waals surface area contributed by atoms with Gasteiger partial charge in [0.15, 0.2) is 0 Å². The summed E-state index contributed by atoms with van der Waals surface area (Å²) in [6.45, 7) is 5.18. The standard InChI is InChI=1S/C22H26N6/c1-2-6-17(7-3-1)21-25-19-9-4-8-18(20(19)26-21)16-27-12-14-28(15-13-27)22-23-10-5-11-24-22/h1-3,5-7,10-11,18H,4,8-9,12-16H2,(H,25,26). The van der Waals surface area contributed by atoms with Crippen LogP contribution in [-0.4, -0.2) is 57.6 Å². The number of aromatic nitrogens is 4. The SMILES string of the molecule is c1ccc(-c2nc3c([nH]2)CCCC3CN2CCN(c3ncccn3)CC2)cc1. The van der Waals surface area contributed by atoms with Crippen molar-refractivity contribution in [2.24, 2.45) is 0 Å². The highest BCUT2D eigenvalue weighted by Crippen LogP contribution is 2.33. The van der Waals surface area contributed by atoms with E-state index in [9.17, 15) is 0 Å². The first-order valence-electron chi connectivity index (χ1n) is 10.3. The third kappa shape index (κ3) is 3.52. The lowest BCUT2D eigenvalue weighted by Gasteiger charge is -2.36. The summed E-state index contributed by atoms with van der Waals surface area (Å²) in [5.41, 5.74) is 3.80. The topological polar surface area (TPSA) is 60.9 Å². The molecule has 1 N–H and O–H groups in total. The van der Waals surface area contributed by atoms with Crippen molar-refractivity contribution < 1.29 is 0 Å². The Bertz CT molecular complexity index is 899. The number of hydrogen-bond acceptors (Lipinski definition) is 5. The third-order valence-electron chi connectivity index (χ3n) is 5.91. The van der Waals surface area contributed by atoms with Crippen LogP contribution in [0.1, 0.15) is 30.1 Å². The van der Waals surface area contributed by atoms with Gasteiger partial charge in [0.05, 0.1) is 5.69 Å². The van der Waals surface area contributed by atoms with Crippen LogP contribution in [0.3, 0.4) is 0 Å². The molecule has 2 aromatic heterocycles. The molecule has 1 aromatic carbocycles. The van der Waals surface area contributed by atoms with Crippen LogP contribution in [0.5, 0.6) is 0 Å². The highest BCUT2D eigenvalue weighted by atomic mass is 15.3. The van der Waals surface area contributed by atoms with Crippen LogP contribution in [0.2, 0.25) is 0 Å². The molecule has 1 saturated heterocycles. The molecule has 144 valence electrons. The minimum atomic E-state index is 0.525. The highest BCUT2D eigenvalue weighted by Gasteiger charge is 2.28. The number of H-pyrrole nitrogens is 1.